The van der Waals surface area contributed by atoms with Gasteiger partial charge in [0.25, 0.3) is 0 Å². The van der Waals surface area contributed by atoms with Gasteiger partial charge in [0.2, 0.25) is 0 Å². The molecule has 16 heavy (non-hydrogen) atoms. The molecule has 1 N–H and O–H groups in total. The first-order valence-corrected chi connectivity index (χ1v) is 5.65. The first-order valence-electron chi connectivity index (χ1n) is 5.65. The van der Waals surface area contributed by atoms with Gasteiger partial charge < -0.3 is 10.1 Å². The van der Waals surface area contributed by atoms with Crippen LogP contribution >= 0.6 is 0 Å². The molecule has 0 spiro atoms. The highest BCUT2D eigenvalue weighted by Gasteiger charge is 2.04. The third-order valence-electron chi connectivity index (χ3n) is 2.34. The van der Waals surface area contributed by atoms with E-state index in [9.17, 15) is 0 Å². The maximum absolute atomic E-state index is 5.55. The van der Waals surface area contributed by atoms with E-state index in [2.05, 4.69) is 24.2 Å². The van der Waals surface area contributed by atoms with Crippen LogP contribution in [0.1, 0.15) is 25.8 Å². The molecule has 0 aliphatic rings. The summed E-state index contributed by atoms with van der Waals surface area (Å²) >= 11 is 0. The van der Waals surface area contributed by atoms with E-state index in [1.807, 2.05) is 25.1 Å². The molecule has 1 aromatic rings. The van der Waals surface area contributed by atoms with Crippen LogP contribution in [0.15, 0.2) is 24.3 Å². The number of para-hydroxylation sites is 1. The number of nitrogens with one attached hydrogen (secondary N) is 1. The second-order valence-corrected chi connectivity index (χ2v) is 3.73. The Bertz CT molecular complexity index is 354. The number of hydrogen-bond donors (Lipinski definition) is 1. The van der Waals surface area contributed by atoms with E-state index in [0.29, 0.717) is 12.6 Å². The van der Waals surface area contributed by atoms with E-state index in [4.69, 9.17) is 11.2 Å². The number of benzene rings is 1. The average Bonchev–Trinajstić information content (AvgIpc) is 2.29. The van der Waals surface area contributed by atoms with E-state index >= 15 is 0 Å². The minimum absolute atomic E-state index is 0.333. The van der Waals surface area contributed by atoms with Gasteiger partial charge in [0.15, 0.2) is 0 Å². The zero-order chi connectivity index (χ0) is 11.8. The fourth-order valence-electron chi connectivity index (χ4n) is 1.48. The first-order chi connectivity index (χ1) is 7.77. The molecule has 1 rings (SSSR count). The smallest absolute Gasteiger partial charge is 0.123 e. The van der Waals surface area contributed by atoms with E-state index in [-0.39, 0.29) is 0 Å². The molecule has 0 saturated heterocycles. The molecule has 0 fully saturated rings. The SMILES string of the molecule is C#CCC(C)NCc1ccccc1OCC. The Morgan fingerprint density at radius 3 is 2.88 bits per heavy atom. The molecule has 0 heterocycles. The molecule has 0 aliphatic carbocycles. The lowest BCUT2D eigenvalue weighted by Crippen LogP contribution is -2.25. The quantitative estimate of drug-likeness (QED) is 0.739. The highest BCUT2D eigenvalue weighted by Crippen LogP contribution is 2.17. The summed E-state index contributed by atoms with van der Waals surface area (Å²) in [5.74, 6) is 3.60. The molecule has 0 radical (unpaired) electrons. The Hall–Kier alpha value is -1.46. The highest BCUT2D eigenvalue weighted by atomic mass is 16.5. The van der Waals surface area contributed by atoms with Crippen LogP contribution in [-0.2, 0) is 6.54 Å². The molecular formula is C14H19NO. The molecule has 86 valence electrons. The number of rotatable bonds is 6. The first kappa shape index (κ1) is 12.6. The van der Waals surface area contributed by atoms with Crippen LogP contribution in [0.5, 0.6) is 5.75 Å². The lowest BCUT2D eigenvalue weighted by molar-refractivity contribution is 0.335. The minimum atomic E-state index is 0.333. The molecule has 0 saturated carbocycles. The molecule has 1 atom stereocenters. The second-order valence-electron chi connectivity index (χ2n) is 3.73. The monoisotopic (exact) mass is 217 g/mol. The summed E-state index contributed by atoms with van der Waals surface area (Å²) in [6.45, 7) is 5.56. The summed E-state index contributed by atoms with van der Waals surface area (Å²) in [6, 6.07) is 8.40. The third kappa shape index (κ3) is 3.96. The lowest BCUT2D eigenvalue weighted by Gasteiger charge is -2.13. The Kier molecular flexibility index (Phi) is 5.45. The zero-order valence-electron chi connectivity index (χ0n) is 9.99. The molecule has 0 aromatic heterocycles. The molecule has 1 aromatic carbocycles. The van der Waals surface area contributed by atoms with Crippen molar-refractivity contribution in [3.05, 3.63) is 29.8 Å². The Morgan fingerprint density at radius 1 is 1.44 bits per heavy atom. The van der Waals surface area contributed by atoms with E-state index in [1.54, 1.807) is 0 Å². The number of hydrogen-bond acceptors (Lipinski definition) is 2. The molecule has 2 nitrogen and oxygen atoms in total. The standard InChI is InChI=1S/C14H19NO/c1-4-8-12(3)15-11-13-9-6-7-10-14(13)16-5-2/h1,6-7,9-10,12,15H,5,8,11H2,2-3H3. The normalized spacial score (nSPS) is 11.8. The molecule has 2 heteroatoms. The van der Waals surface area contributed by atoms with E-state index in [1.165, 1.54) is 5.56 Å². The fourth-order valence-corrected chi connectivity index (χ4v) is 1.48. The fraction of sp³-hybridized carbons (Fsp3) is 0.429. The number of terminal acetylenes is 1. The van der Waals surface area contributed by atoms with Crippen LogP contribution in [0.4, 0.5) is 0 Å². The summed E-state index contributed by atoms with van der Waals surface area (Å²) in [6.07, 6.45) is 6.01. The van der Waals surface area contributed by atoms with Crippen LogP contribution in [-0.4, -0.2) is 12.6 Å². The van der Waals surface area contributed by atoms with Gasteiger partial charge in [-0.15, -0.1) is 12.3 Å². The van der Waals surface area contributed by atoms with Gasteiger partial charge >= 0.3 is 0 Å². The van der Waals surface area contributed by atoms with Gasteiger partial charge in [0.1, 0.15) is 5.75 Å². The van der Waals surface area contributed by atoms with Crippen LogP contribution in [0.3, 0.4) is 0 Å². The van der Waals surface area contributed by atoms with Crippen molar-refractivity contribution in [3.63, 3.8) is 0 Å². The highest BCUT2D eigenvalue weighted by molar-refractivity contribution is 5.33. The molecule has 0 amide bonds. The van der Waals surface area contributed by atoms with Crippen molar-refractivity contribution in [2.45, 2.75) is 32.9 Å². The predicted octanol–water partition coefficient (Wildman–Crippen LogP) is 2.59. The van der Waals surface area contributed by atoms with Crippen molar-refractivity contribution in [1.29, 1.82) is 0 Å². The lowest BCUT2D eigenvalue weighted by atomic mass is 10.1. The molecular weight excluding hydrogens is 198 g/mol. The Morgan fingerprint density at radius 2 is 2.19 bits per heavy atom. The summed E-state index contributed by atoms with van der Waals surface area (Å²) in [4.78, 5) is 0. The van der Waals surface area contributed by atoms with Crippen molar-refractivity contribution in [1.82, 2.24) is 5.32 Å². The Labute approximate surface area is 98.0 Å². The maximum atomic E-state index is 5.55. The maximum Gasteiger partial charge on any atom is 0.123 e. The van der Waals surface area contributed by atoms with Gasteiger partial charge in [-0.05, 0) is 19.9 Å². The van der Waals surface area contributed by atoms with E-state index in [0.717, 1.165) is 18.7 Å². The van der Waals surface area contributed by atoms with Crippen molar-refractivity contribution >= 4 is 0 Å². The van der Waals surface area contributed by atoms with Crippen molar-refractivity contribution < 1.29 is 4.74 Å². The summed E-state index contributed by atoms with van der Waals surface area (Å²) in [5.41, 5.74) is 1.17. The van der Waals surface area contributed by atoms with Crippen LogP contribution in [0.25, 0.3) is 0 Å². The van der Waals surface area contributed by atoms with Crippen molar-refractivity contribution in [2.24, 2.45) is 0 Å². The third-order valence-corrected chi connectivity index (χ3v) is 2.34. The van der Waals surface area contributed by atoms with Crippen LogP contribution in [0, 0.1) is 12.3 Å². The molecule has 0 aliphatic heterocycles. The largest absolute Gasteiger partial charge is 0.494 e. The number of ether oxygens (including phenoxy) is 1. The van der Waals surface area contributed by atoms with Gasteiger partial charge in [0, 0.05) is 24.6 Å². The van der Waals surface area contributed by atoms with Crippen molar-refractivity contribution in [3.8, 4) is 18.1 Å². The van der Waals surface area contributed by atoms with Gasteiger partial charge in [-0.2, -0.15) is 0 Å². The van der Waals surface area contributed by atoms with Crippen LogP contribution in [0.2, 0.25) is 0 Å². The molecule has 0 bridgehead atoms. The zero-order valence-corrected chi connectivity index (χ0v) is 9.99. The average molecular weight is 217 g/mol. The predicted molar refractivity (Wildman–Crippen MR) is 67.4 cm³/mol. The topological polar surface area (TPSA) is 21.3 Å². The van der Waals surface area contributed by atoms with Gasteiger partial charge in [-0.3, -0.25) is 0 Å². The van der Waals surface area contributed by atoms with Gasteiger partial charge in [-0.25, -0.2) is 0 Å². The minimum Gasteiger partial charge on any atom is -0.494 e. The Balaban J connectivity index is 2.56. The van der Waals surface area contributed by atoms with Crippen LogP contribution < -0.4 is 10.1 Å². The molecule has 1 unspecified atom stereocenters. The second kappa shape index (κ2) is 6.92. The van der Waals surface area contributed by atoms with Gasteiger partial charge in [0.05, 0.1) is 6.61 Å². The summed E-state index contributed by atoms with van der Waals surface area (Å²) in [7, 11) is 0. The van der Waals surface area contributed by atoms with E-state index < -0.39 is 0 Å². The van der Waals surface area contributed by atoms with Crippen molar-refractivity contribution in [2.75, 3.05) is 6.61 Å². The van der Waals surface area contributed by atoms with Gasteiger partial charge in [-0.1, -0.05) is 18.2 Å². The summed E-state index contributed by atoms with van der Waals surface area (Å²) < 4.78 is 5.55. The summed E-state index contributed by atoms with van der Waals surface area (Å²) in [5, 5.41) is 3.38.